The molecule has 0 bridgehead atoms. The molecule has 0 saturated heterocycles. The Hall–Kier alpha value is -5.31. The summed E-state index contributed by atoms with van der Waals surface area (Å²) in [5, 5.41) is 2.93. The van der Waals surface area contributed by atoms with Crippen LogP contribution in [-0.4, -0.2) is 10.2 Å². The molecule has 0 amide bonds. The minimum absolute atomic E-state index is 0.294. The zero-order valence-corrected chi connectivity index (χ0v) is 28.7. The SMILES string of the molecule is C1=CCCC(C2=C(c3cc(-c4ccc5[nH]c6ccccc6c5c4)c4c(c3)C3C=C(c5ccccc5-c5ccccc5)C=CC3S4)C=CCC2)=C1. The molecule has 1 N–H and O–H groups in total. The van der Waals surface area contributed by atoms with Crippen LogP contribution in [0.5, 0.6) is 0 Å². The van der Waals surface area contributed by atoms with Crippen LogP contribution in [0.25, 0.3) is 55.2 Å². The number of H-pyrrole nitrogens is 1. The summed E-state index contributed by atoms with van der Waals surface area (Å²) >= 11 is 2.04. The van der Waals surface area contributed by atoms with Gasteiger partial charge in [0.05, 0.1) is 0 Å². The number of thioether (sulfide) groups is 1. The molecule has 2 unspecified atom stereocenters. The number of aromatic nitrogens is 1. The highest BCUT2D eigenvalue weighted by atomic mass is 32.2. The third-order valence-corrected chi connectivity index (χ3v) is 12.3. The number of rotatable bonds is 5. The molecule has 0 saturated carbocycles. The highest BCUT2D eigenvalue weighted by Gasteiger charge is 2.35. The fourth-order valence-corrected chi connectivity index (χ4v) is 9.94. The maximum atomic E-state index is 3.64. The summed E-state index contributed by atoms with van der Waals surface area (Å²) in [5.74, 6) is 0.294. The van der Waals surface area contributed by atoms with Gasteiger partial charge >= 0.3 is 0 Å². The van der Waals surface area contributed by atoms with Crippen molar-refractivity contribution in [3.05, 3.63) is 186 Å². The van der Waals surface area contributed by atoms with E-state index >= 15 is 0 Å². The van der Waals surface area contributed by atoms with Crippen LogP contribution in [-0.2, 0) is 0 Å². The summed E-state index contributed by atoms with van der Waals surface area (Å²) < 4.78 is 0. The number of aromatic amines is 1. The van der Waals surface area contributed by atoms with Crippen molar-refractivity contribution < 1.29 is 0 Å². The van der Waals surface area contributed by atoms with E-state index in [1.54, 1.807) is 0 Å². The lowest BCUT2D eigenvalue weighted by Gasteiger charge is -2.23. The minimum Gasteiger partial charge on any atom is -0.355 e. The standard InChI is InChI=1S/C48H37NS/c1-3-13-31(14-4-1)36-17-7-9-19-38(36)33-24-26-47-43(28-33)44-30-35(39-20-10-8-18-37(39)32-15-5-2-6-16-32)29-41(48(44)50-47)34-23-25-46-42(27-34)40-21-11-12-22-45(40)49-46/h1-5,7,9-15,17,19-30,43,47,49H,6,8,16,18H2. The van der Waals surface area contributed by atoms with E-state index in [0.29, 0.717) is 11.2 Å². The molecule has 2 heterocycles. The Labute approximate surface area is 298 Å². The molecule has 0 spiro atoms. The second-order valence-corrected chi connectivity index (χ2v) is 15.1. The molecule has 1 nitrogen and oxygen atoms in total. The summed E-state index contributed by atoms with van der Waals surface area (Å²) in [5.41, 5.74) is 17.4. The van der Waals surface area contributed by atoms with E-state index in [1.165, 1.54) is 87.9 Å². The van der Waals surface area contributed by atoms with Crippen molar-refractivity contribution in [1.82, 2.24) is 4.98 Å². The first kappa shape index (κ1) is 29.6. The lowest BCUT2D eigenvalue weighted by molar-refractivity contribution is 0.882. The molecule has 0 radical (unpaired) electrons. The van der Waals surface area contributed by atoms with E-state index in [-0.39, 0.29) is 0 Å². The van der Waals surface area contributed by atoms with Gasteiger partial charge in [-0.1, -0.05) is 127 Å². The van der Waals surface area contributed by atoms with E-state index in [9.17, 15) is 0 Å². The van der Waals surface area contributed by atoms with Gasteiger partial charge in [-0.15, -0.1) is 11.8 Å². The van der Waals surface area contributed by atoms with Gasteiger partial charge in [-0.05, 0) is 117 Å². The normalized spacial score (nSPS) is 19.5. The molecule has 50 heavy (non-hydrogen) atoms. The Kier molecular flexibility index (Phi) is 7.24. The molecule has 0 fully saturated rings. The van der Waals surface area contributed by atoms with Gasteiger partial charge in [-0.25, -0.2) is 0 Å². The molecular weight excluding hydrogens is 623 g/mol. The molecule has 240 valence electrons. The molecule has 1 aliphatic heterocycles. The topological polar surface area (TPSA) is 15.8 Å². The first-order valence-corrected chi connectivity index (χ1v) is 18.8. The van der Waals surface area contributed by atoms with E-state index in [0.717, 1.165) is 25.7 Å². The summed E-state index contributed by atoms with van der Waals surface area (Å²) in [4.78, 5) is 5.06. The number of hydrogen-bond donors (Lipinski definition) is 1. The number of para-hydroxylation sites is 1. The van der Waals surface area contributed by atoms with E-state index in [2.05, 4.69) is 163 Å². The Balaban J connectivity index is 1.17. The van der Waals surface area contributed by atoms with Crippen molar-refractivity contribution in [2.24, 2.45) is 0 Å². The number of fused-ring (bicyclic) bond motifs is 6. The van der Waals surface area contributed by atoms with Gasteiger partial charge in [0, 0.05) is 37.9 Å². The van der Waals surface area contributed by atoms with Crippen molar-refractivity contribution >= 4 is 44.7 Å². The third-order valence-electron chi connectivity index (χ3n) is 10.9. The minimum atomic E-state index is 0.294. The van der Waals surface area contributed by atoms with Crippen LogP contribution in [0.1, 0.15) is 48.3 Å². The second-order valence-electron chi connectivity index (χ2n) is 13.9. The molecule has 4 aliphatic rings. The lowest BCUT2D eigenvalue weighted by Crippen LogP contribution is -2.09. The first-order chi connectivity index (χ1) is 24.8. The molecule has 2 atom stereocenters. The summed E-state index contributed by atoms with van der Waals surface area (Å²) in [6.45, 7) is 0. The average Bonchev–Trinajstić information content (AvgIpc) is 3.76. The van der Waals surface area contributed by atoms with Crippen LogP contribution in [0, 0.1) is 0 Å². The van der Waals surface area contributed by atoms with Crippen molar-refractivity contribution in [3.63, 3.8) is 0 Å². The quantitative estimate of drug-likeness (QED) is 0.195. The van der Waals surface area contributed by atoms with Gasteiger partial charge in [-0.3, -0.25) is 0 Å². The fourth-order valence-electron chi connectivity index (χ4n) is 8.50. The average molecular weight is 660 g/mol. The van der Waals surface area contributed by atoms with E-state index < -0.39 is 0 Å². The molecule has 5 aromatic carbocycles. The Morgan fingerprint density at radius 2 is 1.44 bits per heavy atom. The summed E-state index contributed by atoms with van der Waals surface area (Å²) in [6, 6.07) is 40.4. The van der Waals surface area contributed by atoms with E-state index in [4.69, 9.17) is 0 Å². The monoisotopic (exact) mass is 659 g/mol. The van der Waals surface area contributed by atoms with Gasteiger partial charge in [-0.2, -0.15) is 0 Å². The second kappa shape index (κ2) is 12.2. The van der Waals surface area contributed by atoms with Crippen LogP contribution >= 0.6 is 11.8 Å². The largest absolute Gasteiger partial charge is 0.355 e. The molecule has 6 aromatic rings. The lowest BCUT2D eigenvalue weighted by atomic mass is 9.81. The Morgan fingerprint density at radius 1 is 0.620 bits per heavy atom. The summed E-state index contributed by atoms with van der Waals surface area (Å²) in [7, 11) is 0. The fraction of sp³-hybridized carbons (Fsp3) is 0.125. The maximum Gasteiger partial charge on any atom is 0.0465 e. The van der Waals surface area contributed by atoms with Crippen molar-refractivity contribution in [1.29, 1.82) is 0 Å². The van der Waals surface area contributed by atoms with Crippen molar-refractivity contribution in [3.8, 4) is 22.3 Å². The van der Waals surface area contributed by atoms with Crippen LogP contribution in [0.2, 0.25) is 0 Å². The molecular formula is C48H37NS. The Morgan fingerprint density at radius 3 is 2.34 bits per heavy atom. The molecule has 2 heteroatoms. The van der Waals surface area contributed by atoms with Gasteiger partial charge < -0.3 is 4.98 Å². The van der Waals surface area contributed by atoms with Crippen LogP contribution < -0.4 is 0 Å². The van der Waals surface area contributed by atoms with E-state index in [1.807, 2.05) is 11.8 Å². The Bertz CT molecular complexity index is 2510. The zero-order valence-electron chi connectivity index (χ0n) is 27.9. The highest BCUT2D eigenvalue weighted by Crippen LogP contribution is 2.55. The van der Waals surface area contributed by atoms with Gasteiger partial charge in [0.1, 0.15) is 0 Å². The van der Waals surface area contributed by atoms with Crippen LogP contribution in [0.4, 0.5) is 0 Å². The van der Waals surface area contributed by atoms with Gasteiger partial charge in [0.15, 0.2) is 0 Å². The predicted molar refractivity (Wildman–Crippen MR) is 214 cm³/mol. The van der Waals surface area contributed by atoms with Crippen LogP contribution in [0.3, 0.4) is 0 Å². The van der Waals surface area contributed by atoms with Crippen LogP contribution in [0.15, 0.2) is 174 Å². The number of hydrogen-bond acceptors (Lipinski definition) is 1. The number of allylic oxidation sites excluding steroid dienone is 11. The molecule has 3 aliphatic carbocycles. The molecule has 10 rings (SSSR count). The van der Waals surface area contributed by atoms with Crippen molar-refractivity contribution in [2.45, 2.75) is 41.7 Å². The van der Waals surface area contributed by atoms with Crippen molar-refractivity contribution in [2.75, 3.05) is 0 Å². The number of benzene rings is 5. The predicted octanol–water partition coefficient (Wildman–Crippen LogP) is 13.2. The molecule has 1 aromatic heterocycles. The highest BCUT2D eigenvalue weighted by molar-refractivity contribution is 8.00. The third kappa shape index (κ3) is 5.01. The maximum absolute atomic E-state index is 3.64. The van der Waals surface area contributed by atoms with Gasteiger partial charge in [0.25, 0.3) is 0 Å². The van der Waals surface area contributed by atoms with Gasteiger partial charge in [0.2, 0.25) is 0 Å². The zero-order chi connectivity index (χ0) is 33.0. The summed E-state index contributed by atoms with van der Waals surface area (Å²) in [6.07, 6.45) is 23.5. The smallest absolute Gasteiger partial charge is 0.0465 e. The number of nitrogens with one attached hydrogen (secondary N) is 1. The first-order valence-electron chi connectivity index (χ1n) is 17.9.